The third-order valence-corrected chi connectivity index (χ3v) is 6.15. The molecule has 4 heterocycles. The maximum atomic E-state index is 12.7. The molecule has 3 saturated heterocycles. The van der Waals surface area contributed by atoms with Crippen LogP contribution in [0.5, 0.6) is 0 Å². The molecule has 2 atom stereocenters. The first-order chi connectivity index (χ1) is 12.2. The Labute approximate surface area is 150 Å². The van der Waals surface area contributed by atoms with Crippen LogP contribution in [0.3, 0.4) is 0 Å². The Hall–Kier alpha value is -1.33. The molecule has 3 aliphatic heterocycles. The van der Waals surface area contributed by atoms with Gasteiger partial charge in [0.05, 0.1) is 24.5 Å². The lowest BCUT2D eigenvalue weighted by molar-refractivity contribution is -0.128. The summed E-state index contributed by atoms with van der Waals surface area (Å²) in [4.78, 5) is 17.2. The number of furan rings is 1. The van der Waals surface area contributed by atoms with Crippen LogP contribution < -0.4 is 0 Å². The van der Waals surface area contributed by atoms with Gasteiger partial charge in [-0.2, -0.15) is 0 Å². The van der Waals surface area contributed by atoms with Crippen LogP contribution in [0.25, 0.3) is 0 Å². The van der Waals surface area contributed by atoms with Crippen molar-refractivity contribution in [1.82, 2.24) is 9.80 Å². The minimum atomic E-state index is -0.130. The van der Waals surface area contributed by atoms with Crippen molar-refractivity contribution in [3.8, 4) is 0 Å². The minimum Gasteiger partial charge on any atom is -0.459 e. The van der Waals surface area contributed by atoms with Gasteiger partial charge >= 0.3 is 0 Å². The van der Waals surface area contributed by atoms with Gasteiger partial charge in [-0.15, -0.1) is 0 Å². The monoisotopic (exact) mass is 346 g/mol. The van der Waals surface area contributed by atoms with Gasteiger partial charge < -0.3 is 19.0 Å². The van der Waals surface area contributed by atoms with Gasteiger partial charge in [-0.1, -0.05) is 6.42 Å². The van der Waals surface area contributed by atoms with E-state index in [1.54, 1.807) is 6.26 Å². The highest BCUT2D eigenvalue weighted by atomic mass is 16.5. The molecule has 0 N–H and O–H groups in total. The van der Waals surface area contributed by atoms with Crippen molar-refractivity contribution in [2.45, 2.75) is 63.6 Å². The number of piperidine rings is 1. The number of amides is 1. The van der Waals surface area contributed by atoms with Crippen LogP contribution in [0.4, 0.5) is 0 Å². The summed E-state index contributed by atoms with van der Waals surface area (Å²) in [6.45, 7) is 6.91. The minimum absolute atomic E-state index is 0.0149. The Balaban J connectivity index is 1.37. The van der Waals surface area contributed by atoms with Crippen molar-refractivity contribution in [2.75, 3.05) is 32.7 Å². The predicted molar refractivity (Wildman–Crippen MR) is 95.7 cm³/mol. The molecule has 1 spiro atoms. The summed E-state index contributed by atoms with van der Waals surface area (Å²) in [7, 11) is 0. The molecule has 0 aliphatic carbocycles. The van der Waals surface area contributed by atoms with Crippen LogP contribution in [-0.2, 0) is 4.74 Å². The number of hydrogen-bond acceptors (Lipinski definition) is 4. The predicted octanol–water partition coefficient (Wildman–Crippen LogP) is 3.23. The topological polar surface area (TPSA) is 45.9 Å². The van der Waals surface area contributed by atoms with E-state index in [-0.39, 0.29) is 11.5 Å². The zero-order valence-corrected chi connectivity index (χ0v) is 15.3. The van der Waals surface area contributed by atoms with E-state index in [0.717, 1.165) is 37.9 Å². The fourth-order valence-corrected chi connectivity index (χ4v) is 4.74. The zero-order valence-electron chi connectivity index (χ0n) is 15.3. The van der Waals surface area contributed by atoms with Gasteiger partial charge in [0.15, 0.2) is 5.76 Å². The Morgan fingerprint density at radius 2 is 2.04 bits per heavy atom. The average Bonchev–Trinajstić information content (AvgIpc) is 3.22. The Kier molecular flexibility index (Phi) is 4.87. The number of carbonyl (C=O) groups excluding carboxylic acids is 1. The van der Waals surface area contributed by atoms with E-state index >= 15 is 0 Å². The van der Waals surface area contributed by atoms with E-state index < -0.39 is 0 Å². The Morgan fingerprint density at radius 3 is 2.80 bits per heavy atom. The first-order valence-corrected chi connectivity index (χ1v) is 9.89. The summed E-state index contributed by atoms with van der Waals surface area (Å²) in [5.74, 6) is 0.499. The second-order valence-corrected chi connectivity index (χ2v) is 8.09. The second-order valence-electron chi connectivity index (χ2n) is 8.09. The highest BCUT2D eigenvalue weighted by Gasteiger charge is 2.45. The smallest absolute Gasteiger partial charge is 0.289 e. The molecule has 0 aromatic carbocycles. The van der Waals surface area contributed by atoms with E-state index in [0.29, 0.717) is 18.4 Å². The van der Waals surface area contributed by atoms with Crippen molar-refractivity contribution < 1.29 is 13.9 Å². The number of hydrogen-bond donors (Lipinski definition) is 0. The molecule has 0 unspecified atom stereocenters. The highest BCUT2D eigenvalue weighted by molar-refractivity contribution is 5.93. The van der Waals surface area contributed by atoms with E-state index in [9.17, 15) is 4.79 Å². The maximum absolute atomic E-state index is 12.7. The lowest BCUT2D eigenvalue weighted by Crippen LogP contribution is -2.48. The van der Waals surface area contributed by atoms with Crippen LogP contribution in [0.2, 0.25) is 0 Å². The summed E-state index contributed by atoms with van der Waals surface area (Å²) in [5.41, 5.74) is 0.785. The molecule has 1 amide bonds. The number of likely N-dealkylation sites (tertiary alicyclic amines) is 2. The summed E-state index contributed by atoms with van der Waals surface area (Å²) in [6.07, 6.45) is 10.3. The molecule has 1 aromatic heterocycles. The molecule has 1 aromatic rings. The summed E-state index contributed by atoms with van der Waals surface area (Å²) in [6, 6.07) is 1.85. The van der Waals surface area contributed by atoms with Gasteiger partial charge in [-0.05, 0) is 64.6 Å². The quantitative estimate of drug-likeness (QED) is 0.843. The van der Waals surface area contributed by atoms with E-state index in [4.69, 9.17) is 9.15 Å². The Bertz CT molecular complexity index is 608. The standard InChI is InChI=1S/C20H30N2O3/c1-16-7-13-24-18(16)19(23)22-12-9-20(15-22)8-5-6-17(25-20)14-21-10-3-2-4-11-21/h7,13,17H,2-6,8-12,14-15H2,1H3/t17-,20-/m1/s1. The molecular formula is C20H30N2O3. The molecular weight excluding hydrogens is 316 g/mol. The molecule has 0 radical (unpaired) electrons. The van der Waals surface area contributed by atoms with Crippen LogP contribution in [0, 0.1) is 6.92 Å². The van der Waals surface area contributed by atoms with Gasteiger partial charge in [0.25, 0.3) is 5.91 Å². The molecule has 3 aliphatic rings. The van der Waals surface area contributed by atoms with Crippen molar-refractivity contribution in [1.29, 1.82) is 0 Å². The lowest BCUT2D eigenvalue weighted by atomic mass is 9.90. The van der Waals surface area contributed by atoms with E-state index in [1.807, 2.05) is 17.9 Å². The molecule has 138 valence electrons. The number of rotatable bonds is 3. The molecule has 0 bridgehead atoms. The molecule has 0 saturated carbocycles. The first-order valence-electron chi connectivity index (χ1n) is 9.89. The van der Waals surface area contributed by atoms with Crippen LogP contribution >= 0.6 is 0 Å². The van der Waals surface area contributed by atoms with Crippen LogP contribution in [0.15, 0.2) is 16.7 Å². The summed E-state index contributed by atoms with van der Waals surface area (Å²) < 4.78 is 12.0. The third-order valence-electron chi connectivity index (χ3n) is 6.15. The normalized spacial score (nSPS) is 30.9. The van der Waals surface area contributed by atoms with Gasteiger partial charge in [0, 0.05) is 18.7 Å². The largest absolute Gasteiger partial charge is 0.459 e. The fourth-order valence-electron chi connectivity index (χ4n) is 4.74. The van der Waals surface area contributed by atoms with Crippen molar-refractivity contribution in [2.24, 2.45) is 0 Å². The number of ether oxygens (including phenoxy) is 1. The highest BCUT2D eigenvalue weighted by Crippen LogP contribution is 2.37. The zero-order chi connectivity index (χ0) is 17.3. The van der Waals surface area contributed by atoms with Gasteiger partial charge in [-0.25, -0.2) is 0 Å². The van der Waals surface area contributed by atoms with Crippen LogP contribution in [-0.4, -0.2) is 60.1 Å². The molecule has 25 heavy (non-hydrogen) atoms. The summed E-state index contributed by atoms with van der Waals surface area (Å²) in [5, 5.41) is 0. The van der Waals surface area contributed by atoms with Crippen molar-refractivity contribution >= 4 is 5.91 Å². The Morgan fingerprint density at radius 1 is 1.20 bits per heavy atom. The number of carbonyl (C=O) groups is 1. The molecule has 3 fully saturated rings. The molecule has 5 heteroatoms. The number of nitrogens with zero attached hydrogens (tertiary/aromatic N) is 2. The van der Waals surface area contributed by atoms with Gasteiger partial charge in [0.1, 0.15) is 0 Å². The maximum Gasteiger partial charge on any atom is 0.289 e. The SMILES string of the molecule is Cc1ccoc1C(=O)N1CC[C@]2(CCC[C@H](CN3CCCCC3)O2)C1. The second kappa shape index (κ2) is 7.12. The lowest BCUT2D eigenvalue weighted by Gasteiger charge is -2.41. The van der Waals surface area contributed by atoms with Crippen molar-refractivity contribution in [3.05, 3.63) is 23.7 Å². The molecule has 4 rings (SSSR count). The third kappa shape index (κ3) is 3.63. The first kappa shape index (κ1) is 17.1. The van der Waals surface area contributed by atoms with Gasteiger partial charge in [0.2, 0.25) is 0 Å². The summed E-state index contributed by atoms with van der Waals surface area (Å²) >= 11 is 0. The van der Waals surface area contributed by atoms with E-state index in [2.05, 4.69) is 4.90 Å². The van der Waals surface area contributed by atoms with Gasteiger partial charge in [-0.3, -0.25) is 4.79 Å². The molecule has 5 nitrogen and oxygen atoms in total. The van der Waals surface area contributed by atoms with Crippen LogP contribution in [0.1, 0.15) is 61.1 Å². The van der Waals surface area contributed by atoms with Crippen molar-refractivity contribution in [3.63, 3.8) is 0 Å². The average molecular weight is 346 g/mol. The van der Waals surface area contributed by atoms with E-state index in [1.165, 1.54) is 38.8 Å². The number of aryl methyl sites for hydroxylation is 1. The fraction of sp³-hybridized carbons (Fsp3) is 0.750.